The Hall–Kier alpha value is -2.89. The second-order valence-corrected chi connectivity index (χ2v) is 8.71. The van der Waals surface area contributed by atoms with Crippen LogP contribution in [0.25, 0.3) is 11.0 Å². The molecule has 0 aromatic carbocycles. The molecule has 0 spiro atoms. The number of anilines is 1. The highest BCUT2D eigenvalue weighted by Gasteiger charge is 2.23. The van der Waals surface area contributed by atoms with Gasteiger partial charge >= 0.3 is 5.69 Å². The van der Waals surface area contributed by atoms with Gasteiger partial charge < -0.3 is 4.74 Å². The maximum atomic E-state index is 12.7. The third-order valence-electron chi connectivity index (χ3n) is 5.21. The minimum absolute atomic E-state index is 0.175. The topological polar surface area (TPSA) is 111 Å². The molecule has 2 atom stereocenters. The first-order valence-electron chi connectivity index (χ1n) is 9.92. The summed E-state index contributed by atoms with van der Waals surface area (Å²) in [5, 5.41) is 5.36. The maximum absolute atomic E-state index is 12.7. The van der Waals surface area contributed by atoms with Crippen molar-refractivity contribution < 1.29 is 9.53 Å². The monoisotopic (exact) mass is 444 g/mol. The minimum atomic E-state index is -0.495. The fraction of sp³-hybridized carbons (Fsp3) is 0.450. The van der Waals surface area contributed by atoms with Gasteiger partial charge in [-0.15, -0.1) is 11.3 Å². The first-order valence-corrected chi connectivity index (χ1v) is 10.8. The number of carbonyl (C=O) groups excluding carboxylic acids is 1. The molecule has 1 aliphatic heterocycles. The first-order chi connectivity index (χ1) is 14.7. The van der Waals surface area contributed by atoms with E-state index in [2.05, 4.69) is 34.0 Å². The molecular formula is C20H24N6O4S. The number of rotatable bonds is 4. The average Bonchev–Trinajstić information content (AvgIpc) is 3.16. The Morgan fingerprint density at radius 3 is 2.65 bits per heavy atom. The van der Waals surface area contributed by atoms with Crippen LogP contribution in [-0.4, -0.2) is 55.2 Å². The Kier molecular flexibility index (Phi) is 5.73. The highest BCUT2D eigenvalue weighted by Crippen LogP contribution is 2.20. The van der Waals surface area contributed by atoms with Crippen LogP contribution in [0.4, 0.5) is 5.13 Å². The predicted octanol–water partition coefficient (Wildman–Crippen LogP) is 0.950. The van der Waals surface area contributed by atoms with Gasteiger partial charge in [0.1, 0.15) is 5.65 Å². The lowest BCUT2D eigenvalue weighted by atomic mass is 10.2. The van der Waals surface area contributed by atoms with Crippen LogP contribution in [0.5, 0.6) is 0 Å². The van der Waals surface area contributed by atoms with Gasteiger partial charge in [0.2, 0.25) is 0 Å². The summed E-state index contributed by atoms with van der Waals surface area (Å²) in [6, 6.07) is 1.45. The molecule has 3 aromatic heterocycles. The standard InChI is InChI=1S/C20H24N6O4S/c1-11-7-26(8-12(2)30-11)9-14-10-31-19(22-14)23-17(27)13-5-15-16(21-6-13)24(3)20(29)25(4)18(15)28/h5-6,10-12H,7-9H2,1-4H3,(H,22,23,27). The Balaban J connectivity index is 1.51. The number of hydrogen-bond donors (Lipinski definition) is 1. The third kappa shape index (κ3) is 4.29. The normalized spacial score (nSPS) is 19.6. The van der Waals surface area contributed by atoms with Gasteiger partial charge in [0.25, 0.3) is 11.5 Å². The van der Waals surface area contributed by atoms with E-state index in [9.17, 15) is 14.4 Å². The van der Waals surface area contributed by atoms with Gasteiger partial charge in [-0.05, 0) is 19.9 Å². The molecule has 0 saturated carbocycles. The second-order valence-electron chi connectivity index (χ2n) is 7.85. The van der Waals surface area contributed by atoms with Crippen molar-refractivity contribution in [1.29, 1.82) is 0 Å². The van der Waals surface area contributed by atoms with Crippen LogP contribution in [0.2, 0.25) is 0 Å². The summed E-state index contributed by atoms with van der Waals surface area (Å²) in [6.45, 7) is 6.47. The lowest BCUT2D eigenvalue weighted by molar-refractivity contribution is -0.0707. The lowest BCUT2D eigenvalue weighted by Crippen LogP contribution is -2.44. The van der Waals surface area contributed by atoms with Crippen LogP contribution in [0.1, 0.15) is 29.9 Å². The number of aryl methyl sites for hydroxylation is 1. The van der Waals surface area contributed by atoms with Gasteiger partial charge in [-0.25, -0.2) is 14.8 Å². The number of nitrogens with zero attached hydrogens (tertiary/aromatic N) is 5. The summed E-state index contributed by atoms with van der Waals surface area (Å²) in [4.78, 5) is 48.1. The van der Waals surface area contributed by atoms with Gasteiger partial charge in [0.15, 0.2) is 5.13 Å². The lowest BCUT2D eigenvalue weighted by Gasteiger charge is -2.34. The van der Waals surface area contributed by atoms with Crippen LogP contribution in [0.3, 0.4) is 0 Å². The molecular weight excluding hydrogens is 420 g/mol. The maximum Gasteiger partial charge on any atom is 0.332 e. The van der Waals surface area contributed by atoms with Crippen LogP contribution in [0.15, 0.2) is 27.2 Å². The van der Waals surface area contributed by atoms with Gasteiger partial charge in [-0.2, -0.15) is 0 Å². The van der Waals surface area contributed by atoms with E-state index in [1.54, 1.807) is 0 Å². The molecule has 0 radical (unpaired) electrons. The molecule has 1 saturated heterocycles. The van der Waals surface area contributed by atoms with Crippen LogP contribution >= 0.6 is 11.3 Å². The van der Waals surface area contributed by atoms with Crippen molar-refractivity contribution in [2.75, 3.05) is 18.4 Å². The van der Waals surface area contributed by atoms with E-state index in [-0.39, 0.29) is 28.8 Å². The van der Waals surface area contributed by atoms with E-state index >= 15 is 0 Å². The van der Waals surface area contributed by atoms with Crippen molar-refractivity contribution in [3.63, 3.8) is 0 Å². The SMILES string of the molecule is CC1CN(Cc2csc(NC(=O)c3cnc4c(c3)c(=O)n(C)c(=O)n4C)n2)CC(C)O1. The molecule has 10 nitrogen and oxygen atoms in total. The van der Waals surface area contributed by atoms with Gasteiger partial charge in [-0.1, -0.05) is 0 Å². The summed E-state index contributed by atoms with van der Waals surface area (Å²) < 4.78 is 8.02. The zero-order valence-electron chi connectivity index (χ0n) is 17.8. The summed E-state index contributed by atoms with van der Waals surface area (Å²) in [6.07, 6.45) is 1.70. The van der Waals surface area contributed by atoms with Crippen molar-refractivity contribution in [2.24, 2.45) is 14.1 Å². The van der Waals surface area contributed by atoms with Crippen molar-refractivity contribution >= 4 is 33.4 Å². The van der Waals surface area contributed by atoms with E-state index in [4.69, 9.17) is 4.74 Å². The van der Waals surface area contributed by atoms with Crippen LogP contribution in [0, 0.1) is 0 Å². The van der Waals surface area contributed by atoms with Crippen molar-refractivity contribution in [3.8, 4) is 0 Å². The second kappa shape index (κ2) is 8.33. The number of amides is 1. The summed E-state index contributed by atoms with van der Waals surface area (Å²) in [5.74, 6) is -0.417. The van der Waals surface area contributed by atoms with Crippen molar-refractivity contribution in [2.45, 2.75) is 32.6 Å². The molecule has 31 heavy (non-hydrogen) atoms. The zero-order chi connectivity index (χ0) is 22.3. The van der Waals surface area contributed by atoms with E-state index in [1.807, 2.05) is 5.38 Å². The fourth-order valence-corrected chi connectivity index (χ4v) is 4.53. The van der Waals surface area contributed by atoms with Crippen molar-refractivity contribution in [3.05, 3.63) is 49.7 Å². The molecule has 11 heteroatoms. The smallest absolute Gasteiger partial charge is 0.332 e. The summed E-state index contributed by atoms with van der Waals surface area (Å²) >= 11 is 1.34. The molecule has 1 N–H and O–H groups in total. The number of fused-ring (bicyclic) bond motifs is 1. The van der Waals surface area contributed by atoms with Crippen LogP contribution in [-0.2, 0) is 25.4 Å². The number of nitrogens with one attached hydrogen (secondary N) is 1. The third-order valence-corrected chi connectivity index (χ3v) is 6.02. The molecule has 3 aromatic rings. The van der Waals surface area contributed by atoms with E-state index < -0.39 is 17.2 Å². The Morgan fingerprint density at radius 2 is 1.94 bits per heavy atom. The van der Waals surface area contributed by atoms with E-state index in [0.29, 0.717) is 11.7 Å². The largest absolute Gasteiger partial charge is 0.373 e. The molecule has 1 aliphatic rings. The predicted molar refractivity (Wildman–Crippen MR) is 118 cm³/mol. The highest BCUT2D eigenvalue weighted by molar-refractivity contribution is 7.14. The molecule has 1 amide bonds. The van der Waals surface area contributed by atoms with Gasteiger partial charge in [0, 0.05) is 45.3 Å². The number of aromatic nitrogens is 4. The number of carbonyl (C=O) groups is 1. The Labute approximate surface area is 182 Å². The van der Waals surface area contributed by atoms with Gasteiger partial charge in [-0.3, -0.25) is 28.9 Å². The molecule has 0 aliphatic carbocycles. The fourth-order valence-electron chi connectivity index (χ4n) is 3.84. The molecule has 164 valence electrons. The van der Waals surface area contributed by atoms with E-state index in [0.717, 1.165) is 23.4 Å². The zero-order valence-corrected chi connectivity index (χ0v) is 18.6. The highest BCUT2D eigenvalue weighted by atomic mass is 32.1. The Morgan fingerprint density at radius 1 is 1.23 bits per heavy atom. The van der Waals surface area contributed by atoms with Crippen molar-refractivity contribution in [1.82, 2.24) is 24.0 Å². The quantitative estimate of drug-likeness (QED) is 0.638. The number of hydrogen-bond acceptors (Lipinski definition) is 8. The summed E-state index contributed by atoms with van der Waals surface area (Å²) in [7, 11) is 2.92. The molecule has 2 unspecified atom stereocenters. The summed E-state index contributed by atoms with van der Waals surface area (Å²) in [5.41, 5.74) is 0.361. The van der Waals surface area contributed by atoms with Gasteiger partial charge in [0.05, 0.1) is 28.9 Å². The molecule has 4 heterocycles. The first kappa shape index (κ1) is 21.3. The van der Waals surface area contributed by atoms with E-state index in [1.165, 1.54) is 42.3 Å². The minimum Gasteiger partial charge on any atom is -0.373 e. The number of pyridine rings is 1. The Bertz CT molecular complexity index is 1250. The number of morpholine rings is 1. The molecule has 1 fully saturated rings. The van der Waals surface area contributed by atoms with Crippen LogP contribution < -0.4 is 16.6 Å². The number of ether oxygens (including phenoxy) is 1. The number of thiazole rings is 1. The molecule has 0 bridgehead atoms. The molecule has 4 rings (SSSR count). The average molecular weight is 445 g/mol.